The number of hydrogen-bond acceptors (Lipinski definition) is 0. The molecular formula is C34H38Cl2Zr. The Kier molecular flexibility index (Phi) is 9.49. The van der Waals surface area contributed by atoms with Crippen molar-refractivity contribution in [2.24, 2.45) is 11.3 Å². The maximum atomic E-state index is 2.61. The van der Waals surface area contributed by atoms with Gasteiger partial charge in [-0.1, -0.05) is 0 Å². The minimum absolute atomic E-state index is 0. The summed E-state index contributed by atoms with van der Waals surface area (Å²) in [4.78, 5) is 0. The first-order valence-corrected chi connectivity index (χ1v) is 16.8. The van der Waals surface area contributed by atoms with Crippen LogP contribution < -0.4 is 28.1 Å². The van der Waals surface area contributed by atoms with Crippen LogP contribution in [-0.4, -0.2) is 3.21 Å². The maximum absolute atomic E-state index is 2.61. The van der Waals surface area contributed by atoms with Crippen molar-refractivity contribution >= 4 is 6.48 Å². The van der Waals surface area contributed by atoms with E-state index in [2.05, 4.69) is 121 Å². The Morgan fingerprint density at radius 3 is 2.19 bits per heavy atom. The van der Waals surface area contributed by atoms with Gasteiger partial charge >= 0.3 is 221 Å². The molecule has 0 nitrogen and oxygen atoms in total. The quantitative estimate of drug-likeness (QED) is 0.334. The fraction of sp³-hybridized carbons (Fsp3) is 0.324. The molecule has 3 heteroatoms. The van der Waals surface area contributed by atoms with Gasteiger partial charge in [-0.3, -0.25) is 0 Å². The third kappa shape index (κ3) is 5.48. The first-order chi connectivity index (χ1) is 16.7. The van der Waals surface area contributed by atoms with Gasteiger partial charge in [-0.2, -0.15) is 0 Å². The number of aryl methyl sites for hydroxylation is 1. The van der Waals surface area contributed by atoms with E-state index in [0.29, 0.717) is 5.92 Å². The van der Waals surface area contributed by atoms with Crippen LogP contribution >= 0.6 is 0 Å². The monoisotopic (exact) mass is 606 g/mol. The van der Waals surface area contributed by atoms with Gasteiger partial charge in [-0.15, -0.1) is 0 Å². The minimum Gasteiger partial charge on any atom is -1.00 e. The molecule has 1 atom stereocenters. The second-order valence-electron chi connectivity index (χ2n) is 11.4. The Labute approximate surface area is 244 Å². The molecule has 5 rings (SSSR count). The Morgan fingerprint density at radius 1 is 0.892 bits per heavy atom. The SMILES string of the molecule is CCC1=[C](/[Zr+2](=[C](\C)c2ccc(C)cc2)[c]2cccc3c2Cc2ccccc2-3)C(C)C=C1C(C)(C)C.[Cl-].[Cl-]. The number of fused-ring (bicyclic) bond motifs is 3. The molecule has 2 aliphatic carbocycles. The van der Waals surface area contributed by atoms with Gasteiger partial charge in [0.05, 0.1) is 0 Å². The largest absolute Gasteiger partial charge is 1.00 e. The molecule has 0 radical (unpaired) electrons. The summed E-state index contributed by atoms with van der Waals surface area (Å²) in [6, 6.07) is 25.5. The number of hydrogen-bond donors (Lipinski definition) is 0. The average molecular weight is 609 g/mol. The van der Waals surface area contributed by atoms with E-state index in [1.807, 2.05) is 3.28 Å². The van der Waals surface area contributed by atoms with Crippen molar-refractivity contribution in [3.8, 4) is 11.1 Å². The molecule has 0 heterocycles. The second kappa shape index (κ2) is 11.7. The summed E-state index contributed by atoms with van der Waals surface area (Å²) >= 11 is -2.46. The molecule has 0 N–H and O–H groups in total. The van der Waals surface area contributed by atoms with E-state index in [9.17, 15) is 0 Å². The fourth-order valence-electron chi connectivity index (χ4n) is 6.20. The molecule has 0 fully saturated rings. The smallest absolute Gasteiger partial charge is 1.00 e. The van der Waals surface area contributed by atoms with E-state index in [-0.39, 0.29) is 30.2 Å². The molecule has 0 amide bonds. The molecule has 0 spiro atoms. The van der Waals surface area contributed by atoms with Crippen LogP contribution in [0.2, 0.25) is 0 Å². The molecule has 3 aromatic rings. The molecule has 2 aliphatic rings. The van der Waals surface area contributed by atoms with Crippen LogP contribution in [0.3, 0.4) is 0 Å². The zero-order valence-corrected chi connectivity index (χ0v) is 27.1. The van der Waals surface area contributed by atoms with Gasteiger partial charge in [-0.25, -0.2) is 0 Å². The normalized spacial score (nSPS) is 16.4. The maximum Gasteiger partial charge on any atom is -1.00 e. The third-order valence-corrected chi connectivity index (χ3v) is 16.1. The van der Waals surface area contributed by atoms with E-state index in [4.69, 9.17) is 0 Å². The third-order valence-electron chi connectivity index (χ3n) is 7.93. The molecule has 0 bridgehead atoms. The van der Waals surface area contributed by atoms with Crippen molar-refractivity contribution in [3.63, 3.8) is 0 Å². The van der Waals surface area contributed by atoms with Gasteiger partial charge in [0.25, 0.3) is 0 Å². The van der Waals surface area contributed by atoms with Gasteiger partial charge < -0.3 is 24.8 Å². The Balaban J connectivity index is 0.00000190. The van der Waals surface area contributed by atoms with Crippen LogP contribution in [0, 0.1) is 18.3 Å². The molecule has 3 aromatic carbocycles. The number of benzene rings is 3. The molecule has 37 heavy (non-hydrogen) atoms. The van der Waals surface area contributed by atoms with Crippen molar-refractivity contribution in [2.75, 3.05) is 0 Å². The van der Waals surface area contributed by atoms with E-state index < -0.39 is 21.3 Å². The van der Waals surface area contributed by atoms with Gasteiger partial charge in [-0.05, 0) is 0 Å². The van der Waals surface area contributed by atoms with Crippen LogP contribution in [0.1, 0.15) is 70.2 Å². The topological polar surface area (TPSA) is 0 Å². The number of allylic oxidation sites excluding steroid dienone is 4. The van der Waals surface area contributed by atoms with Crippen LogP contribution in [0.15, 0.2) is 87.2 Å². The van der Waals surface area contributed by atoms with Gasteiger partial charge in [0.15, 0.2) is 0 Å². The minimum atomic E-state index is -2.46. The first-order valence-electron chi connectivity index (χ1n) is 13.1. The van der Waals surface area contributed by atoms with Crippen molar-refractivity contribution in [3.05, 3.63) is 109 Å². The summed E-state index contributed by atoms with van der Waals surface area (Å²) < 4.78 is 5.16. The second-order valence-corrected chi connectivity index (χ2v) is 17.7. The van der Waals surface area contributed by atoms with Crippen molar-refractivity contribution in [1.82, 2.24) is 0 Å². The standard InChI is InChI=1S/C13H9.C12H19.C9H10.2ClH.Zr/c1-3-7-12-10(5-1)9-11-6-2-4-8-13(11)12;1-6-10-7-9(2)8-11(10)12(3,4)5;1-3-9-6-4-8(2)5-7-9;;;/h1-5,7-8H,9H2;8-9H,6H2,1-5H3;4-7H,1-2H3;2*1H;/q;;;;;+2/p-2. The van der Waals surface area contributed by atoms with Crippen molar-refractivity contribution < 1.29 is 46.1 Å². The molecular weight excluding hydrogens is 571 g/mol. The predicted octanol–water partition coefficient (Wildman–Crippen LogP) is 2.34. The van der Waals surface area contributed by atoms with Crippen molar-refractivity contribution in [1.29, 1.82) is 0 Å². The molecule has 0 saturated heterocycles. The fourth-order valence-corrected chi connectivity index (χ4v) is 14.8. The summed E-state index contributed by atoms with van der Waals surface area (Å²) in [6.45, 7) is 16.7. The summed E-state index contributed by atoms with van der Waals surface area (Å²) in [5.41, 5.74) is 12.2. The van der Waals surface area contributed by atoms with Gasteiger partial charge in [0.2, 0.25) is 0 Å². The zero-order chi connectivity index (χ0) is 24.9. The summed E-state index contributed by atoms with van der Waals surface area (Å²) in [6.07, 6.45) is 4.81. The number of halogens is 2. The first kappa shape index (κ1) is 30.0. The van der Waals surface area contributed by atoms with Crippen LogP contribution in [0.25, 0.3) is 11.1 Å². The Morgan fingerprint density at radius 2 is 1.54 bits per heavy atom. The average Bonchev–Trinajstić information content (AvgIpc) is 3.38. The van der Waals surface area contributed by atoms with Crippen LogP contribution in [0.4, 0.5) is 0 Å². The summed E-state index contributed by atoms with van der Waals surface area (Å²) in [7, 11) is 0. The van der Waals surface area contributed by atoms with E-state index in [0.717, 1.165) is 12.8 Å². The molecule has 1 unspecified atom stereocenters. The van der Waals surface area contributed by atoms with Crippen molar-refractivity contribution in [2.45, 2.75) is 61.3 Å². The molecule has 0 aromatic heterocycles. The Bertz CT molecular complexity index is 1400. The predicted molar refractivity (Wildman–Crippen MR) is 149 cm³/mol. The Hall–Kier alpha value is -1.53. The van der Waals surface area contributed by atoms with E-state index >= 15 is 0 Å². The van der Waals surface area contributed by atoms with Crippen LogP contribution in [-0.2, 0) is 27.7 Å². The zero-order valence-electron chi connectivity index (χ0n) is 23.2. The molecule has 0 saturated carbocycles. The van der Waals surface area contributed by atoms with Crippen LogP contribution in [0.5, 0.6) is 0 Å². The van der Waals surface area contributed by atoms with Gasteiger partial charge in [0.1, 0.15) is 0 Å². The molecule has 0 aliphatic heterocycles. The summed E-state index contributed by atoms with van der Waals surface area (Å²) in [5.74, 6) is 0.522. The van der Waals surface area contributed by atoms with E-state index in [1.165, 1.54) is 27.8 Å². The van der Waals surface area contributed by atoms with Gasteiger partial charge in [0, 0.05) is 0 Å². The summed E-state index contributed by atoms with van der Waals surface area (Å²) in [5, 5.41) is 0. The number of rotatable bonds is 4. The molecule has 192 valence electrons. The van der Waals surface area contributed by atoms with E-state index in [1.54, 1.807) is 23.2 Å².